The quantitative estimate of drug-likeness (QED) is 0.714. The average molecular weight is 397 g/mol. The highest BCUT2D eigenvalue weighted by Gasteiger charge is 2.32. The lowest BCUT2D eigenvalue weighted by Gasteiger charge is -2.22. The van der Waals surface area contributed by atoms with E-state index < -0.39 is 29.9 Å². The van der Waals surface area contributed by atoms with Crippen molar-refractivity contribution in [1.82, 2.24) is 0 Å². The first-order valence-corrected chi connectivity index (χ1v) is 8.20. The Kier molecular flexibility index (Phi) is 6.50. The molecule has 2 N–H and O–H groups in total. The molecule has 0 fully saturated rings. The van der Waals surface area contributed by atoms with Crippen LogP contribution in [0.1, 0.15) is 28.4 Å². The number of anilines is 1. The van der Waals surface area contributed by atoms with Crippen LogP contribution in [0, 0.1) is 28.5 Å². The Morgan fingerprint density at radius 3 is 2.41 bits per heavy atom. The normalized spacial score (nSPS) is 12.1. The van der Waals surface area contributed by atoms with Crippen LogP contribution in [-0.2, 0) is 9.53 Å². The summed E-state index contributed by atoms with van der Waals surface area (Å²) >= 11 is 0. The van der Waals surface area contributed by atoms with Crippen molar-refractivity contribution >= 4 is 17.6 Å². The molecule has 0 aliphatic rings. The van der Waals surface area contributed by atoms with Gasteiger partial charge in [0.2, 0.25) is 0 Å². The standard InChI is InChI=1S/C20H16FN3O5/c1-20(27,11-29-15-6-4-13(10-23)17(21)8-15)19(26)24-14-5-3-12(9-22)16(7-14)18(25)28-2/h3-8,27H,11H2,1-2H3,(H,24,26)/t20-/m0/s1. The monoisotopic (exact) mass is 397 g/mol. The fourth-order valence-electron chi connectivity index (χ4n) is 2.23. The van der Waals surface area contributed by atoms with Crippen LogP contribution in [0.3, 0.4) is 0 Å². The van der Waals surface area contributed by atoms with E-state index in [1.807, 2.05) is 6.07 Å². The van der Waals surface area contributed by atoms with Gasteiger partial charge in [-0.3, -0.25) is 4.79 Å². The van der Waals surface area contributed by atoms with Crippen molar-refractivity contribution in [2.75, 3.05) is 19.0 Å². The van der Waals surface area contributed by atoms with Crippen molar-refractivity contribution in [2.24, 2.45) is 0 Å². The lowest BCUT2D eigenvalue weighted by molar-refractivity contribution is -0.135. The van der Waals surface area contributed by atoms with Gasteiger partial charge in [-0.1, -0.05) is 0 Å². The maximum atomic E-state index is 13.6. The summed E-state index contributed by atoms with van der Waals surface area (Å²) in [6.45, 7) is 0.678. The van der Waals surface area contributed by atoms with Gasteiger partial charge in [-0.05, 0) is 37.3 Å². The van der Waals surface area contributed by atoms with Crippen LogP contribution in [0.4, 0.5) is 10.1 Å². The summed E-state index contributed by atoms with van der Waals surface area (Å²) in [5.41, 5.74) is -2.00. The number of carbonyl (C=O) groups excluding carboxylic acids is 2. The van der Waals surface area contributed by atoms with E-state index in [2.05, 4.69) is 10.1 Å². The van der Waals surface area contributed by atoms with Gasteiger partial charge in [0.05, 0.1) is 23.8 Å². The Balaban J connectivity index is 2.11. The first-order valence-electron chi connectivity index (χ1n) is 8.20. The zero-order valence-electron chi connectivity index (χ0n) is 15.5. The number of benzene rings is 2. The number of carbonyl (C=O) groups is 2. The fraction of sp³-hybridized carbons (Fsp3) is 0.200. The third-order valence-corrected chi connectivity index (χ3v) is 3.87. The van der Waals surface area contributed by atoms with Crippen LogP contribution in [0.2, 0.25) is 0 Å². The number of amides is 1. The predicted molar refractivity (Wildman–Crippen MR) is 98.4 cm³/mol. The molecule has 0 spiro atoms. The number of nitrogens with zero attached hydrogens (tertiary/aromatic N) is 2. The molecule has 0 heterocycles. The van der Waals surface area contributed by atoms with Crippen molar-refractivity contribution in [3.05, 3.63) is 58.9 Å². The zero-order chi connectivity index (χ0) is 21.6. The molecule has 0 aliphatic carbocycles. The Morgan fingerprint density at radius 2 is 1.83 bits per heavy atom. The molecule has 2 aromatic carbocycles. The number of hydrogen-bond donors (Lipinski definition) is 2. The maximum Gasteiger partial charge on any atom is 0.339 e. The molecule has 2 aromatic rings. The Morgan fingerprint density at radius 1 is 1.17 bits per heavy atom. The van der Waals surface area contributed by atoms with E-state index in [0.29, 0.717) is 0 Å². The summed E-state index contributed by atoms with van der Waals surface area (Å²) in [5, 5.41) is 30.6. The van der Waals surface area contributed by atoms with Gasteiger partial charge < -0.3 is 19.9 Å². The maximum absolute atomic E-state index is 13.6. The van der Waals surface area contributed by atoms with Crippen LogP contribution in [0.5, 0.6) is 5.75 Å². The Labute approximate surface area is 165 Å². The molecule has 0 radical (unpaired) electrons. The van der Waals surface area contributed by atoms with Gasteiger partial charge in [0, 0.05) is 11.8 Å². The minimum absolute atomic E-state index is 0.0286. The van der Waals surface area contributed by atoms with Gasteiger partial charge in [-0.15, -0.1) is 0 Å². The molecule has 148 valence electrons. The van der Waals surface area contributed by atoms with E-state index >= 15 is 0 Å². The molecule has 1 amide bonds. The number of nitrogens with one attached hydrogen (secondary N) is 1. The topological polar surface area (TPSA) is 132 Å². The van der Waals surface area contributed by atoms with Crippen LogP contribution < -0.4 is 10.1 Å². The molecule has 0 aromatic heterocycles. The number of hydrogen-bond acceptors (Lipinski definition) is 7. The van der Waals surface area contributed by atoms with Crippen molar-refractivity contribution in [2.45, 2.75) is 12.5 Å². The number of methoxy groups -OCH3 is 1. The van der Waals surface area contributed by atoms with Gasteiger partial charge >= 0.3 is 5.97 Å². The molecule has 8 nitrogen and oxygen atoms in total. The molecule has 0 bridgehead atoms. The van der Waals surface area contributed by atoms with Crippen LogP contribution >= 0.6 is 0 Å². The second-order valence-corrected chi connectivity index (χ2v) is 6.13. The lowest BCUT2D eigenvalue weighted by Crippen LogP contribution is -2.45. The van der Waals surface area contributed by atoms with Crippen LogP contribution in [-0.4, -0.2) is 36.3 Å². The highest BCUT2D eigenvalue weighted by atomic mass is 19.1. The molecular formula is C20H16FN3O5. The number of rotatable bonds is 6. The van der Waals surface area contributed by atoms with E-state index in [-0.39, 0.29) is 28.1 Å². The van der Waals surface area contributed by atoms with Gasteiger partial charge in [0.15, 0.2) is 5.60 Å². The summed E-state index contributed by atoms with van der Waals surface area (Å²) in [6.07, 6.45) is 0. The summed E-state index contributed by atoms with van der Waals surface area (Å²) in [7, 11) is 1.16. The third-order valence-electron chi connectivity index (χ3n) is 3.87. The summed E-state index contributed by atoms with van der Waals surface area (Å²) < 4.78 is 23.5. The minimum atomic E-state index is -2.01. The molecule has 2 rings (SSSR count). The van der Waals surface area contributed by atoms with Crippen molar-refractivity contribution in [3.8, 4) is 17.9 Å². The highest BCUT2D eigenvalue weighted by Crippen LogP contribution is 2.20. The second-order valence-electron chi connectivity index (χ2n) is 6.13. The van der Waals surface area contributed by atoms with E-state index in [1.165, 1.54) is 37.3 Å². The van der Waals surface area contributed by atoms with Crippen molar-refractivity contribution < 1.29 is 28.6 Å². The number of esters is 1. The SMILES string of the molecule is COC(=O)c1cc(NC(=O)[C@@](C)(O)COc2ccc(C#N)c(F)c2)ccc1C#N. The van der Waals surface area contributed by atoms with Gasteiger partial charge in [0.25, 0.3) is 5.91 Å². The predicted octanol–water partition coefficient (Wildman–Crippen LogP) is 2.12. The molecular weight excluding hydrogens is 381 g/mol. The van der Waals surface area contributed by atoms with Gasteiger partial charge in [-0.2, -0.15) is 10.5 Å². The summed E-state index contributed by atoms with van der Waals surface area (Å²) in [5.74, 6) is -2.37. The van der Waals surface area contributed by atoms with Gasteiger partial charge in [0.1, 0.15) is 30.3 Å². The smallest absolute Gasteiger partial charge is 0.339 e. The summed E-state index contributed by atoms with van der Waals surface area (Å²) in [6, 6.07) is 11.0. The van der Waals surface area contributed by atoms with E-state index in [4.69, 9.17) is 15.3 Å². The molecule has 0 saturated heterocycles. The molecule has 9 heteroatoms. The summed E-state index contributed by atoms with van der Waals surface area (Å²) in [4.78, 5) is 24.1. The average Bonchev–Trinajstić information content (AvgIpc) is 2.71. The molecule has 0 saturated carbocycles. The number of aliphatic hydroxyl groups is 1. The molecule has 0 unspecified atom stereocenters. The first kappa shape index (κ1) is 21.4. The minimum Gasteiger partial charge on any atom is -0.490 e. The van der Waals surface area contributed by atoms with Crippen molar-refractivity contribution in [3.63, 3.8) is 0 Å². The molecule has 29 heavy (non-hydrogen) atoms. The third kappa shape index (κ3) is 5.06. The first-order chi connectivity index (χ1) is 13.7. The van der Waals surface area contributed by atoms with E-state index in [9.17, 15) is 19.1 Å². The number of ether oxygens (including phenoxy) is 2. The lowest BCUT2D eigenvalue weighted by atomic mass is 10.1. The Hall–Kier alpha value is -3.95. The molecule has 1 atom stereocenters. The van der Waals surface area contributed by atoms with Gasteiger partial charge in [-0.25, -0.2) is 9.18 Å². The number of nitriles is 2. The van der Waals surface area contributed by atoms with Crippen LogP contribution in [0.25, 0.3) is 0 Å². The largest absolute Gasteiger partial charge is 0.490 e. The molecule has 0 aliphatic heterocycles. The highest BCUT2D eigenvalue weighted by molar-refractivity contribution is 5.99. The second kappa shape index (κ2) is 8.83. The number of halogens is 1. The van der Waals surface area contributed by atoms with E-state index in [1.54, 1.807) is 6.07 Å². The van der Waals surface area contributed by atoms with Crippen molar-refractivity contribution in [1.29, 1.82) is 10.5 Å². The van der Waals surface area contributed by atoms with Crippen LogP contribution in [0.15, 0.2) is 36.4 Å². The fourth-order valence-corrected chi connectivity index (χ4v) is 2.23. The zero-order valence-corrected chi connectivity index (χ0v) is 15.5. The Bertz CT molecular complexity index is 1040. The van der Waals surface area contributed by atoms with E-state index in [0.717, 1.165) is 13.2 Å².